The predicted molar refractivity (Wildman–Crippen MR) is 56.5 cm³/mol. The molecule has 3 nitrogen and oxygen atoms in total. The minimum absolute atomic E-state index is 0.140. The molecule has 2 aromatic rings. The number of imidazole rings is 1. The SMILES string of the molecule is Cn1cnc(-c2cc(F)ccc2F)c1CN. The van der Waals surface area contributed by atoms with Gasteiger partial charge in [0, 0.05) is 19.2 Å². The lowest BCUT2D eigenvalue weighted by molar-refractivity contribution is 0.602. The second-order valence-corrected chi connectivity index (χ2v) is 3.48. The van der Waals surface area contributed by atoms with Gasteiger partial charge in [0.05, 0.1) is 17.7 Å². The monoisotopic (exact) mass is 223 g/mol. The molecule has 0 unspecified atom stereocenters. The fourth-order valence-corrected chi connectivity index (χ4v) is 1.60. The number of aromatic nitrogens is 2. The highest BCUT2D eigenvalue weighted by Crippen LogP contribution is 2.25. The Morgan fingerprint density at radius 3 is 2.81 bits per heavy atom. The molecule has 0 spiro atoms. The molecule has 0 aliphatic carbocycles. The van der Waals surface area contributed by atoms with Crippen LogP contribution in [0.25, 0.3) is 11.3 Å². The van der Waals surface area contributed by atoms with Gasteiger partial charge in [0.25, 0.3) is 0 Å². The second-order valence-electron chi connectivity index (χ2n) is 3.48. The highest BCUT2D eigenvalue weighted by atomic mass is 19.1. The molecule has 0 saturated heterocycles. The smallest absolute Gasteiger partial charge is 0.132 e. The van der Waals surface area contributed by atoms with Crippen molar-refractivity contribution in [2.24, 2.45) is 12.8 Å². The van der Waals surface area contributed by atoms with Crippen molar-refractivity contribution in [1.29, 1.82) is 0 Å². The fourth-order valence-electron chi connectivity index (χ4n) is 1.60. The molecule has 1 aromatic carbocycles. The summed E-state index contributed by atoms with van der Waals surface area (Å²) in [7, 11) is 1.76. The number of nitrogens with two attached hydrogens (primary N) is 1. The molecule has 16 heavy (non-hydrogen) atoms. The van der Waals surface area contributed by atoms with Crippen LogP contribution in [0.1, 0.15) is 5.69 Å². The number of nitrogens with zero attached hydrogens (tertiary/aromatic N) is 2. The van der Waals surface area contributed by atoms with Crippen LogP contribution in [0.3, 0.4) is 0 Å². The first-order valence-electron chi connectivity index (χ1n) is 4.79. The van der Waals surface area contributed by atoms with Gasteiger partial charge in [-0.25, -0.2) is 13.8 Å². The van der Waals surface area contributed by atoms with Gasteiger partial charge in [-0.2, -0.15) is 0 Å². The van der Waals surface area contributed by atoms with E-state index in [1.807, 2.05) is 0 Å². The van der Waals surface area contributed by atoms with Crippen molar-refractivity contribution < 1.29 is 8.78 Å². The number of rotatable bonds is 2. The molecule has 0 saturated carbocycles. The summed E-state index contributed by atoms with van der Waals surface area (Å²) in [4.78, 5) is 4.04. The average Bonchev–Trinajstić information content (AvgIpc) is 2.63. The van der Waals surface area contributed by atoms with Gasteiger partial charge in [0.2, 0.25) is 0 Å². The van der Waals surface area contributed by atoms with Crippen molar-refractivity contribution in [1.82, 2.24) is 9.55 Å². The van der Waals surface area contributed by atoms with Gasteiger partial charge in [-0.15, -0.1) is 0 Å². The maximum absolute atomic E-state index is 13.5. The lowest BCUT2D eigenvalue weighted by Crippen LogP contribution is -2.04. The van der Waals surface area contributed by atoms with Crippen LogP contribution in [0.15, 0.2) is 24.5 Å². The number of hydrogen-bond acceptors (Lipinski definition) is 2. The summed E-state index contributed by atoms with van der Waals surface area (Å²) in [6, 6.07) is 3.28. The van der Waals surface area contributed by atoms with Crippen LogP contribution in [-0.4, -0.2) is 9.55 Å². The Labute approximate surface area is 91.5 Å². The second kappa shape index (κ2) is 4.02. The van der Waals surface area contributed by atoms with E-state index in [2.05, 4.69) is 4.98 Å². The summed E-state index contributed by atoms with van der Waals surface area (Å²) >= 11 is 0. The van der Waals surface area contributed by atoms with Crippen LogP contribution in [0, 0.1) is 11.6 Å². The van der Waals surface area contributed by atoms with E-state index in [1.165, 1.54) is 6.33 Å². The molecule has 0 bridgehead atoms. The molecule has 5 heteroatoms. The van der Waals surface area contributed by atoms with Crippen molar-refractivity contribution in [2.45, 2.75) is 6.54 Å². The average molecular weight is 223 g/mol. The van der Waals surface area contributed by atoms with Crippen molar-refractivity contribution in [3.8, 4) is 11.3 Å². The summed E-state index contributed by atoms with van der Waals surface area (Å²) in [6.45, 7) is 0.224. The third-order valence-electron chi connectivity index (χ3n) is 2.44. The van der Waals surface area contributed by atoms with Crippen LogP contribution >= 0.6 is 0 Å². The minimum Gasteiger partial charge on any atom is -0.336 e. The normalized spacial score (nSPS) is 10.8. The molecule has 2 N–H and O–H groups in total. The largest absolute Gasteiger partial charge is 0.336 e. The van der Waals surface area contributed by atoms with Gasteiger partial charge in [-0.3, -0.25) is 0 Å². The maximum atomic E-state index is 13.5. The summed E-state index contributed by atoms with van der Waals surface area (Å²) in [5.74, 6) is -1.00. The van der Waals surface area contributed by atoms with E-state index < -0.39 is 11.6 Å². The Hall–Kier alpha value is -1.75. The third-order valence-corrected chi connectivity index (χ3v) is 2.44. The molecule has 0 atom stereocenters. The molecule has 1 heterocycles. The van der Waals surface area contributed by atoms with Crippen LogP contribution in [0.4, 0.5) is 8.78 Å². The van der Waals surface area contributed by atoms with Crippen LogP contribution in [0.2, 0.25) is 0 Å². The van der Waals surface area contributed by atoms with E-state index in [9.17, 15) is 8.78 Å². The first-order chi connectivity index (χ1) is 7.63. The van der Waals surface area contributed by atoms with E-state index in [1.54, 1.807) is 11.6 Å². The first kappa shape index (κ1) is 10.8. The Kier molecular flexibility index (Phi) is 2.70. The van der Waals surface area contributed by atoms with Crippen molar-refractivity contribution in [3.63, 3.8) is 0 Å². The maximum Gasteiger partial charge on any atom is 0.132 e. The van der Waals surface area contributed by atoms with Gasteiger partial charge < -0.3 is 10.3 Å². The zero-order valence-corrected chi connectivity index (χ0v) is 8.74. The number of halogens is 2. The molecule has 0 aliphatic heterocycles. The highest BCUT2D eigenvalue weighted by Gasteiger charge is 2.14. The fraction of sp³-hybridized carbons (Fsp3) is 0.182. The van der Waals surface area contributed by atoms with Gasteiger partial charge in [-0.05, 0) is 18.2 Å². The van der Waals surface area contributed by atoms with Gasteiger partial charge in [0.15, 0.2) is 0 Å². The molecule has 84 valence electrons. The Bertz CT molecular complexity index is 520. The van der Waals surface area contributed by atoms with Crippen molar-refractivity contribution >= 4 is 0 Å². The minimum atomic E-state index is -0.505. The molecule has 0 radical (unpaired) electrons. The van der Waals surface area contributed by atoms with E-state index in [4.69, 9.17) is 5.73 Å². The standard InChI is InChI=1S/C11H11F2N3/c1-16-6-15-11(10(16)5-14)8-4-7(12)2-3-9(8)13/h2-4,6H,5,14H2,1H3. The van der Waals surface area contributed by atoms with E-state index >= 15 is 0 Å². The highest BCUT2D eigenvalue weighted by molar-refractivity contribution is 5.62. The third kappa shape index (κ3) is 1.69. The molecular weight excluding hydrogens is 212 g/mol. The Morgan fingerprint density at radius 1 is 1.38 bits per heavy atom. The van der Waals surface area contributed by atoms with Crippen molar-refractivity contribution in [3.05, 3.63) is 41.9 Å². The molecule has 2 rings (SSSR count). The van der Waals surface area contributed by atoms with Crippen LogP contribution < -0.4 is 5.73 Å². The topological polar surface area (TPSA) is 43.8 Å². The number of hydrogen-bond donors (Lipinski definition) is 1. The van der Waals surface area contributed by atoms with Crippen LogP contribution in [0.5, 0.6) is 0 Å². The Balaban J connectivity index is 2.62. The first-order valence-corrected chi connectivity index (χ1v) is 4.79. The van der Waals surface area contributed by atoms with Crippen LogP contribution in [-0.2, 0) is 13.6 Å². The zero-order valence-electron chi connectivity index (χ0n) is 8.74. The van der Waals surface area contributed by atoms with Gasteiger partial charge in [-0.1, -0.05) is 0 Å². The number of benzene rings is 1. The van der Waals surface area contributed by atoms with Gasteiger partial charge in [0.1, 0.15) is 11.6 Å². The molecule has 0 fully saturated rings. The lowest BCUT2D eigenvalue weighted by atomic mass is 10.1. The summed E-state index contributed by atoms with van der Waals surface area (Å²) < 4.78 is 28.3. The zero-order chi connectivity index (χ0) is 11.7. The molecular formula is C11H11F2N3. The van der Waals surface area contributed by atoms with Crippen molar-refractivity contribution in [2.75, 3.05) is 0 Å². The lowest BCUT2D eigenvalue weighted by Gasteiger charge is -2.04. The molecule has 0 amide bonds. The number of aryl methyl sites for hydroxylation is 1. The van der Waals surface area contributed by atoms with Gasteiger partial charge >= 0.3 is 0 Å². The Morgan fingerprint density at radius 2 is 2.12 bits per heavy atom. The summed E-state index contributed by atoms with van der Waals surface area (Å²) in [5, 5.41) is 0. The summed E-state index contributed by atoms with van der Waals surface area (Å²) in [5.41, 5.74) is 6.75. The summed E-state index contributed by atoms with van der Waals surface area (Å²) in [6.07, 6.45) is 1.53. The molecule has 1 aromatic heterocycles. The quantitative estimate of drug-likeness (QED) is 0.844. The predicted octanol–water partition coefficient (Wildman–Crippen LogP) is 1.82. The van der Waals surface area contributed by atoms with E-state index in [0.717, 1.165) is 18.2 Å². The van der Waals surface area contributed by atoms with E-state index in [0.29, 0.717) is 11.4 Å². The van der Waals surface area contributed by atoms with E-state index in [-0.39, 0.29) is 12.1 Å². The molecule has 0 aliphatic rings.